The fourth-order valence-corrected chi connectivity index (χ4v) is 2.20. The van der Waals surface area contributed by atoms with Gasteiger partial charge in [0, 0.05) is 24.4 Å². The van der Waals surface area contributed by atoms with Crippen LogP contribution in [0.5, 0.6) is 0 Å². The standard InChI is InChI=1S/C11H17N3O/c1-2-8(3-1)9-6-13-11(14-9)10-7-15-5-4-12-10/h6,8,10,12H,1-5,7H2,(H,13,14). The Balaban J connectivity index is 1.71. The van der Waals surface area contributed by atoms with Crippen LogP contribution in [0.25, 0.3) is 0 Å². The highest BCUT2D eigenvalue weighted by atomic mass is 16.5. The van der Waals surface area contributed by atoms with Crippen molar-refractivity contribution in [2.45, 2.75) is 31.2 Å². The zero-order chi connectivity index (χ0) is 10.1. The number of H-pyrrole nitrogens is 1. The number of aromatic nitrogens is 2. The van der Waals surface area contributed by atoms with Crippen molar-refractivity contribution in [2.24, 2.45) is 0 Å². The van der Waals surface area contributed by atoms with Gasteiger partial charge in [-0.15, -0.1) is 0 Å². The summed E-state index contributed by atoms with van der Waals surface area (Å²) in [7, 11) is 0. The summed E-state index contributed by atoms with van der Waals surface area (Å²) in [4.78, 5) is 7.88. The molecule has 0 aromatic carbocycles. The number of hydrogen-bond acceptors (Lipinski definition) is 3. The molecule has 1 aromatic rings. The molecule has 0 amide bonds. The zero-order valence-corrected chi connectivity index (χ0v) is 8.83. The van der Waals surface area contributed by atoms with Crippen LogP contribution in [-0.2, 0) is 4.74 Å². The quantitative estimate of drug-likeness (QED) is 0.769. The van der Waals surface area contributed by atoms with Crippen molar-refractivity contribution in [1.82, 2.24) is 15.3 Å². The number of nitrogens with zero attached hydrogens (tertiary/aromatic N) is 1. The summed E-state index contributed by atoms with van der Waals surface area (Å²) >= 11 is 0. The Morgan fingerprint density at radius 3 is 3.00 bits per heavy atom. The van der Waals surface area contributed by atoms with E-state index < -0.39 is 0 Å². The zero-order valence-electron chi connectivity index (χ0n) is 8.83. The summed E-state index contributed by atoms with van der Waals surface area (Å²) in [5, 5.41) is 3.40. The molecule has 3 rings (SSSR count). The van der Waals surface area contributed by atoms with Crippen molar-refractivity contribution in [1.29, 1.82) is 0 Å². The largest absolute Gasteiger partial charge is 0.378 e. The normalized spacial score (nSPS) is 27.6. The predicted molar refractivity (Wildman–Crippen MR) is 56.7 cm³/mol. The van der Waals surface area contributed by atoms with Gasteiger partial charge in [0.05, 0.1) is 19.3 Å². The van der Waals surface area contributed by atoms with Gasteiger partial charge in [-0.3, -0.25) is 0 Å². The van der Waals surface area contributed by atoms with E-state index in [2.05, 4.69) is 15.3 Å². The van der Waals surface area contributed by atoms with E-state index in [0.29, 0.717) is 0 Å². The minimum Gasteiger partial charge on any atom is -0.378 e. The fraction of sp³-hybridized carbons (Fsp3) is 0.727. The van der Waals surface area contributed by atoms with Gasteiger partial charge in [0.25, 0.3) is 0 Å². The first-order valence-corrected chi connectivity index (χ1v) is 5.79. The highest BCUT2D eigenvalue weighted by molar-refractivity contribution is 5.12. The Morgan fingerprint density at radius 1 is 1.40 bits per heavy atom. The SMILES string of the molecule is c1nc(C2COCCN2)[nH]c1C1CCC1. The molecule has 4 nitrogen and oxygen atoms in total. The molecule has 1 unspecified atom stereocenters. The van der Waals surface area contributed by atoms with Crippen molar-refractivity contribution >= 4 is 0 Å². The molecule has 1 aliphatic carbocycles. The van der Waals surface area contributed by atoms with E-state index in [1.807, 2.05) is 6.20 Å². The van der Waals surface area contributed by atoms with Crippen LogP contribution < -0.4 is 5.32 Å². The number of nitrogens with one attached hydrogen (secondary N) is 2. The Hall–Kier alpha value is -0.870. The Morgan fingerprint density at radius 2 is 2.33 bits per heavy atom. The number of imidazole rings is 1. The Labute approximate surface area is 89.4 Å². The van der Waals surface area contributed by atoms with Crippen molar-refractivity contribution < 1.29 is 4.74 Å². The van der Waals surface area contributed by atoms with E-state index in [1.54, 1.807) is 0 Å². The summed E-state index contributed by atoms with van der Waals surface area (Å²) in [6.45, 7) is 2.47. The van der Waals surface area contributed by atoms with Crippen LogP contribution in [0.15, 0.2) is 6.20 Å². The average molecular weight is 207 g/mol. The lowest BCUT2D eigenvalue weighted by atomic mass is 9.83. The first kappa shape index (κ1) is 9.36. The summed E-state index contributed by atoms with van der Waals surface area (Å²) < 4.78 is 5.42. The first-order chi connectivity index (χ1) is 7.43. The second-order valence-electron chi connectivity index (χ2n) is 4.43. The number of aromatic amines is 1. The third kappa shape index (κ3) is 1.79. The van der Waals surface area contributed by atoms with E-state index in [0.717, 1.165) is 31.5 Å². The maximum Gasteiger partial charge on any atom is 0.125 e. The van der Waals surface area contributed by atoms with Gasteiger partial charge >= 0.3 is 0 Å². The lowest BCUT2D eigenvalue weighted by Gasteiger charge is -2.24. The lowest BCUT2D eigenvalue weighted by molar-refractivity contribution is 0.0744. The van der Waals surface area contributed by atoms with E-state index >= 15 is 0 Å². The van der Waals surface area contributed by atoms with Gasteiger partial charge in [-0.25, -0.2) is 4.98 Å². The molecule has 2 aliphatic rings. The molecule has 1 saturated heterocycles. The minimum absolute atomic E-state index is 0.257. The summed E-state index contributed by atoms with van der Waals surface area (Å²) in [6.07, 6.45) is 5.99. The van der Waals surface area contributed by atoms with Gasteiger partial charge < -0.3 is 15.0 Å². The van der Waals surface area contributed by atoms with Gasteiger partial charge in [-0.05, 0) is 12.8 Å². The van der Waals surface area contributed by atoms with Gasteiger partial charge in [-0.2, -0.15) is 0 Å². The second kappa shape index (κ2) is 3.94. The molecule has 1 aliphatic heterocycles. The lowest BCUT2D eigenvalue weighted by Crippen LogP contribution is -2.35. The number of rotatable bonds is 2. The van der Waals surface area contributed by atoms with E-state index in [1.165, 1.54) is 25.0 Å². The molecule has 2 heterocycles. The molecule has 1 aromatic heterocycles. The van der Waals surface area contributed by atoms with Crippen molar-refractivity contribution in [2.75, 3.05) is 19.8 Å². The molecule has 0 bridgehead atoms. The topological polar surface area (TPSA) is 49.9 Å². The minimum atomic E-state index is 0.257. The van der Waals surface area contributed by atoms with Gasteiger partial charge in [0.15, 0.2) is 0 Å². The van der Waals surface area contributed by atoms with Crippen molar-refractivity contribution in [3.63, 3.8) is 0 Å². The summed E-state index contributed by atoms with van der Waals surface area (Å²) in [6, 6.07) is 0.257. The van der Waals surface area contributed by atoms with Crippen LogP contribution >= 0.6 is 0 Å². The van der Waals surface area contributed by atoms with Crippen LogP contribution in [0.3, 0.4) is 0 Å². The molecule has 82 valence electrons. The molecule has 2 N–H and O–H groups in total. The van der Waals surface area contributed by atoms with Gasteiger partial charge in [0.2, 0.25) is 0 Å². The van der Waals surface area contributed by atoms with Crippen LogP contribution in [0.2, 0.25) is 0 Å². The smallest absolute Gasteiger partial charge is 0.125 e. The van der Waals surface area contributed by atoms with E-state index in [-0.39, 0.29) is 6.04 Å². The second-order valence-corrected chi connectivity index (χ2v) is 4.43. The third-order valence-corrected chi connectivity index (χ3v) is 3.41. The van der Waals surface area contributed by atoms with E-state index in [4.69, 9.17) is 4.74 Å². The molecular weight excluding hydrogens is 190 g/mol. The van der Waals surface area contributed by atoms with E-state index in [9.17, 15) is 0 Å². The molecule has 0 spiro atoms. The van der Waals surface area contributed by atoms with Crippen LogP contribution in [0.4, 0.5) is 0 Å². The number of morpholine rings is 1. The van der Waals surface area contributed by atoms with Crippen LogP contribution in [-0.4, -0.2) is 29.7 Å². The molecular formula is C11H17N3O. The molecule has 4 heteroatoms. The highest BCUT2D eigenvalue weighted by Gasteiger charge is 2.24. The first-order valence-electron chi connectivity index (χ1n) is 5.79. The monoisotopic (exact) mass is 207 g/mol. The summed E-state index contributed by atoms with van der Waals surface area (Å²) in [5.74, 6) is 1.77. The van der Waals surface area contributed by atoms with Gasteiger partial charge in [-0.1, -0.05) is 6.42 Å². The third-order valence-electron chi connectivity index (χ3n) is 3.41. The van der Waals surface area contributed by atoms with Crippen LogP contribution in [0, 0.1) is 0 Å². The Kier molecular flexibility index (Phi) is 2.46. The maximum atomic E-state index is 5.42. The van der Waals surface area contributed by atoms with Crippen molar-refractivity contribution in [3.05, 3.63) is 17.7 Å². The molecule has 15 heavy (non-hydrogen) atoms. The predicted octanol–water partition coefficient (Wildman–Crippen LogP) is 1.34. The number of ether oxygens (including phenoxy) is 1. The maximum absolute atomic E-state index is 5.42. The van der Waals surface area contributed by atoms with Crippen molar-refractivity contribution in [3.8, 4) is 0 Å². The number of hydrogen-bond donors (Lipinski definition) is 2. The molecule has 1 saturated carbocycles. The summed E-state index contributed by atoms with van der Waals surface area (Å²) in [5.41, 5.74) is 1.31. The molecule has 2 fully saturated rings. The molecule has 0 radical (unpaired) electrons. The molecule has 1 atom stereocenters. The highest BCUT2D eigenvalue weighted by Crippen LogP contribution is 2.35. The van der Waals surface area contributed by atoms with Crippen LogP contribution in [0.1, 0.15) is 42.7 Å². The average Bonchev–Trinajstić information content (AvgIpc) is 2.66. The Bertz CT molecular complexity index is 326. The fourth-order valence-electron chi connectivity index (χ4n) is 2.20. The van der Waals surface area contributed by atoms with Gasteiger partial charge in [0.1, 0.15) is 5.82 Å².